The number of aliphatic carboxylic acids is 1. The average Bonchev–Trinajstić information content (AvgIpc) is 2.82. The minimum atomic E-state index is -0.860. The van der Waals surface area contributed by atoms with E-state index in [1.165, 1.54) is 4.68 Å². The molecule has 0 unspecified atom stereocenters. The first-order valence-electron chi connectivity index (χ1n) is 4.39. The van der Waals surface area contributed by atoms with Crippen LogP contribution in [0.1, 0.15) is 6.42 Å². The van der Waals surface area contributed by atoms with Crippen molar-refractivity contribution in [2.24, 2.45) is 0 Å². The second kappa shape index (κ2) is 4.87. The molecule has 6 nitrogen and oxygen atoms in total. The first-order chi connectivity index (χ1) is 7.66. The van der Waals surface area contributed by atoms with Crippen LogP contribution in [0.4, 0.5) is 0 Å². The summed E-state index contributed by atoms with van der Waals surface area (Å²) in [5.41, 5.74) is 0.921. The van der Waals surface area contributed by atoms with E-state index in [9.17, 15) is 4.79 Å². The van der Waals surface area contributed by atoms with Crippen molar-refractivity contribution in [3.63, 3.8) is 0 Å². The van der Waals surface area contributed by atoms with E-state index < -0.39 is 5.97 Å². The number of carboxylic acid groups (broad SMARTS) is 1. The number of thiophene rings is 1. The van der Waals surface area contributed by atoms with Crippen molar-refractivity contribution >= 4 is 39.9 Å². The zero-order valence-corrected chi connectivity index (χ0v) is 11.0. The number of rotatable bonds is 4. The summed E-state index contributed by atoms with van der Waals surface area (Å²) in [7, 11) is 0. The maximum atomic E-state index is 10.5. The highest BCUT2D eigenvalue weighted by Crippen LogP contribution is 2.24. The molecule has 2 rings (SSSR count). The third kappa shape index (κ3) is 2.55. The van der Waals surface area contributed by atoms with Crippen molar-refractivity contribution in [3.05, 3.63) is 14.3 Å². The van der Waals surface area contributed by atoms with Crippen LogP contribution in [0.15, 0.2) is 11.4 Å². The van der Waals surface area contributed by atoms with E-state index in [0.29, 0.717) is 5.82 Å². The van der Waals surface area contributed by atoms with Crippen molar-refractivity contribution in [3.8, 4) is 11.4 Å². The van der Waals surface area contributed by atoms with Gasteiger partial charge in [0.1, 0.15) is 0 Å². The summed E-state index contributed by atoms with van der Waals surface area (Å²) in [4.78, 5) is 10.5. The Balaban J connectivity index is 2.22. The topological polar surface area (TPSA) is 80.9 Å². The first-order valence-corrected chi connectivity index (χ1v) is 6.35. The molecule has 0 spiro atoms. The standard InChI is InChI=1S/C8H7IN4O2S/c9-6-3-5(4-16-6)8-10-11-12-13(8)2-1-7(14)15/h3-4H,1-2H2,(H,14,15). The number of hydrogen-bond donors (Lipinski definition) is 1. The van der Waals surface area contributed by atoms with Gasteiger partial charge in [-0.1, -0.05) is 0 Å². The van der Waals surface area contributed by atoms with Gasteiger partial charge < -0.3 is 5.11 Å². The van der Waals surface area contributed by atoms with Crippen LogP contribution >= 0.6 is 33.9 Å². The number of nitrogens with zero attached hydrogens (tertiary/aromatic N) is 4. The van der Waals surface area contributed by atoms with Crippen LogP contribution in [0.5, 0.6) is 0 Å². The highest BCUT2D eigenvalue weighted by atomic mass is 127. The van der Waals surface area contributed by atoms with Gasteiger partial charge in [-0.05, 0) is 39.1 Å². The van der Waals surface area contributed by atoms with E-state index in [2.05, 4.69) is 38.1 Å². The molecule has 1 N–H and O–H groups in total. The van der Waals surface area contributed by atoms with Crippen LogP contribution in [0.25, 0.3) is 11.4 Å². The monoisotopic (exact) mass is 350 g/mol. The van der Waals surface area contributed by atoms with Crippen molar-refractivity contribution in [1.82, 2.24) is 20.2 Å². The summed E-state index contributed by atoms with van der Waals surface area (Å²) in [5, 5.41) is 21.8. The molecule has 0 amide bonds. The fourth-order valence-electron chi connectivity index (χ4n) is 1.19. The molecule has 0 aliphatic heterocycles. The Labute approximate surface area is 108 Å². The number of halogens is 1. The summed E-state index contributed by atoms with van der Waals surface area (Å²) in [6.07, 6.45) is 0.0132. The van der Waals surface area contributed by atoms with E-state index in [0.717, 1.165) is 8.45 Å². The molecule has 0 aliphatic carbocycles. The van der Waals surface area contributed by atoms with E-state index in [4.69, 9.17) is 5.11 Å². The van der Waals surface area contributed by atoms with Crippen molar-refractivity contribution in [1.29, 1.82) is 0 Å². The number of aromatic nitrogens is 4. The molecule has 8 heteroatoms. The molecule has 2 heterocycles. The molecule has 84 valence electrons. The predicted molar refractivity (Wildman–Crippen MR) is 66.1 cm³/mol. The maximum absolute atomic E-state index is 10.5. The number of carboxylic acids is 1. The normalized spacial score (nSPS) is 10.6. The second-order valence-corrected chi connectivity index (χ2v) is 5.81. The fraction of sp³-hybridized carbons (Fsp3) is 0.250. The van der Waals surface area contributed by atoms with Gasteiger partial charge in [-0.2, -0.15) is 0 Å². The van der Waals surface area contributed by atoms with Gasteiger partial charge in [0.05, 0.1) is 15.8 Å². The first kappa shape index (κ1) is 11.5. The Morgan fingerprint density at radius 3 is 3.06 bits per heavy atom. The van der Waals surface area contributed by atoms with Gasteiger partial charge >= 0.3 is 5.97 Å². The van der Waals surface area contributed by atoms with Crippen molar-refractivity contribution in [2.75, 3.05) is 0 Å². The predicted octanol–water partition coefficient (Wildman–Crippen LogP) is 1.48. The SMILES string of the molecule is O=C(O)CCn1nnnc1-c1csc(I)c1. The number of aryl methyl sites for hydroxylation is 1. The van der Waals surface area contributed by atoms with Crippen molar-refractivity contribution < 1.29 is 9.90 Å². The summed E-state index contributed by atoms with van der Waals surface area (Å²) < 4.78 is 2.65. The third-order valence-electron chi connectivity index (χ3n) is 1.90. The quantitative estimate of drug-likeness (QED) is 0.845. The van der Waals surface area contributed by atoms with E-state index in [-0.39, 0.29) is 13.0 Å². The maximum Gasteiger partial charge on any atom is 0.305 e. The zero-order chi connectivity index (χ0) is 11.5. The van der Waals surface area contributed by atoms with Gasteiger partial charge in [0.2, 0.25) is 0 Å². The summed E-state index contributed by atoms with van der Waals surface area (Å²) in [6, 6.07) is 1.97. The molecular formula is C8H7IN4O2S. The summed E-state index contributed by atoms with van der Waals surface area (Å²) in [6.45, 7) is 0.282. The molecule has 0 atom stereocenters. The van der Waals surface area contributed by atoms with Gasteiger partial charge in [0.25, 0.3) is 0 Å². The van der Waals surface area contributed by atoms with Crippen LogP contribution in [-0.2, 0) is 11.3 Å². The lowest BCUT2D eigenvalue weighted by Gasteiger charge is -1.99. The molecule has 0 saturated carbocycles. The second-order valence-electron chi connectivity index (χ2n) is 3.01. The highest BCUT2D eigenvalue weighted by molar-refractivity contribution is 14.1. The van der Waals surface area contributed by atoms with Crippen LogP contribution in [-0.4, -0.2) is 31.3 Å². The third-order valence-corrected chi connectivity index (χ3v) is 3.68. The largest absolute Gasteiger partial charge is 0.481 e. The van der Waals surface area contributed by atoms with Gasteiger partial charge in [0.15, 0.2) is 5.82 Å². The number of hydrogen-bond acceptors (Lipinski definition) is 5. The average molecular weight is 350 g/mol. The Morgan fingerprint density at radius 1 is 1.62 bits per heavy atom. The molecule has 0 aliphatic rings. The Hall–Kier alpha value is -1.03. The molecule has 16 heavy (non-hydrogen) atoms. The van der Waals surface area contributed by atoms with Crippen LogP contribution < -0.4 is 0 Å². The van der Waals surface area contributed by atoms with Gasteiger partial charge in [-0.15, -0.1) is 16.4 Å². The molecule has 2 aromatic heterocycles. The molecular weight excluding hydrogens is 343 g/mol. The number of tetrazole rings is 1. The molecule has 0 aromatic carbocycles. The van der Waals surface area contributed by atoms with Crippen LogP contribution in [0, 0.1) is 2.88 Å². The number of carbonyl (C=O) groups is 1. The van der Waals surface area contributed by atoms with Crippen LogP contribution in [0.3, 0.4) is 0 Å². The molecule has 0 radical (unpaired) electrons. The van der Waals surface area contributed by atoms with E-state index in [1.807, 2.05) is 11.4 Å². The Bertz CT molecular complexity index is 510. The molecule has 0 fully saturated rings. The highest BCUT2D eigenvalue weighted by Gasteiger charge is 2.11. The summed E-state index contributed by atoms with van der Waals surface area (Å²) in [5.74, 6) is -0.248. The van der Waals surface area contributed by atoms with Gasteiger partial charge in [0, 0.05) is 10.9 Å². The molecule has 2 aromatic rings. The minimum absolute atomic E-state index is 0.0132. The summed E-state index contributed by atoms with van der Waals surface area (Å²) >= 11 is 3.81. The van der Waals surface area contributed by atoms with Gasteiger partial charge in [-0.25, -0.2) is 4.68 Å². The van der Waals surface area contributed by atoms with Crippen LogP contribution in [0.2, 0.25) is 0 Å². The lowest BCUT2D eigenvalue weighted by Crippen LogP contribution is -2.07. The smallest absolute Gasteiger partial charge is 0.305 e. The molecule has 0 saturated heterocycles. The van der Waals surface area contributed by atoms with Crippen molar-refractivity contribution in [2.45, 2.75) is 13.0 Å². The Morgan fingerprint density at radius 2 is 2.44 bits per heavy atom. The van der Waals surface area contributed by atoms with Gasteiger partial charge in [-0.3, -0.25) is 4.79 Å². The zero-order valence-electron chi connectivity index (χ0n) is 8.00. The molecule has 0 bridgehead atoms. The lowest BCUT2D eigenvalue weighted by molar-refractivity contribution is -0.137. The van der Waals surface area contributed by atoms with E-state index in [1.54, 1.807) is 11.3 Å². The minimum Gasteiger partial charge on any atom is -0.481 e. The van der Waals surface area contributed by atoms with E-state index >= 15 is 0 Å². The fourth-order valence-corrected chi connectivity index (χ4v) is 2.52. The lowest BCUT2D eigenvalue weighted by atomic mass is 10.3. The Kier molecular flexibility index (Phi) is 3.49.